The number of anilines is 1. The largest absolute Gasteiger partial charge is 0.331 e. The molecule has 0 bridgehead atoms. The summed E-state index contributed by atoms with van der Waals surface area (Å²) in [4.78, 5) is 12.3. The Labute approximate surface area is 165 Å². The van der Waals surface area contributed by atoms with Crippen LogP contribution in [0.25, 0.3) is 0 Å². The van der Waals surface area contributed by atoms with Crippen molar-refractivity contribution in [3.05, 3.63) is 65.2 Å². The zero-order valence-corrected chi connectivity index (χ0v) is 17.7. The Morgan fingerprint density at radius 3 is 2.33 bits per heavy atom. The van der Waals surface area contributed by atoms with Crippen molar-refractivity contribution in [1.82, 2.24) is 5.32 Å². The van der Waals surface area contributed by atoms with Gasteiger partial charge in [0.25, 0.3) is 0 Å². The minimum absolute atomic E-state index is 0.0903. The molecule has 2 amide bonds. The fraction of sp³-hybridized carbons (Fsp3) is 0.409. The van der Waals surface area contributed by atoms with Crippen LogP contribution in [0.4, 0.5) is 10.5 Å². The lowest BCUT2D eigenvalue weighted by molar-refractivity contribution is 0.249. The molecule has 2 N–H and O–H groups in total. The van der Waals surface area contributed by atoms with E-state index in [9.17, 15) is 9.00 Å². The van der Waals surface area contributed by atoms with Crippen molar-refractivity contribution in [2.45, 2.75) is 57.6 Å². The van der Waals surface area contributed by atoms with Crippen LogP contribution < -0.4 is 10.6 Å². The van der Waals surface area contributed by atoms with Gasteiger partial charge in [-0.1, -0.05) is 43.3 Å². The number of hydrogen-bond acceptors (Lipinski definition) is 2. The van der Waals surface area contributed by atoms with Crippen LogP contribution in [-0.2, 0) is 23.0 Å². The number of rotatable bonds is 6. The summed E-state index contributed by atoms with van der Waals surface area (Å²) in [6, 6.07) is 15.5. The first-order valence-electron chi connectivity index (χ1n) is 9.33. The molecule has 2 atom stereocenters. The minimum atomic E-state index is -0.975. The summed E-state index contributed by atoms with van der Waals surface area (Å²) in [5.74, 6) is 0.473. The number of urea groups is 1. The monoisotopic (exact) mass is 386 g/mol. The van der Waals surface area contributed by atoms with Gasteiger partial charge in [-0.25, -0.2) is 4.79 Å². The quantitative estimate of drug-likeness (QED) is 0.719. The Morgan fingerprint density at radius 2 is 1.74 bits per heavy atom. The van der Waals surface area contributed by atoms with Gasteiger partial charge in [-0.3, -0.25) is 4.21 Å². The highest BCUT2D eigenvalue weighted by atomic mass is 32.2. The second kappa shape index (κ2) is 9.18. The molecule has 2 aromatic rings. The van der Waals surface area contributed by atoms with Crippen LogP contribution >= 0.6 is 0 Å². The van der Waals surface area contributed by atoms with Gasteiger partial charge in [-0.05, 0) is 62.9 Å². The third-order valence-electron chi connectivity index (χ3n) is 4.40. The van der Waals surface area contributed by atoms with Gasteiger partial charge in [-0.15, -0.1) is 0 Å². The molecular weight excluding hydrogens is 356 g/mol. The van der Waals surface area contributed by atoms with Gasteiger partial charge in [0.1, 0.15) is 0 Å². The van der Waals surface area contributed by atoms with E-state index >= 15 is 0 Å². The molecule has 0 radical (unpaired) electrons. The summed E-state index contributed by atoms with van der Waals surface area (Å²) < 4.78 is 12.1. The Bertz CT molecular complexity index is 795. The number of aryl methyl sites for hydroxylation is 1. The van der Waals surface area contributed by atoms with Gasteiger partial charge >= 0.3 is 6.03 Å². The zero-order valence-electron chi connectivity index (χ0n) is 16.8. The molecule has 2 unspecified atom stereocenters. The van der Waals surface area contributed by atoms with Crippen LogP contribution in [0.2, 0.25) is 0 Å². The highest BCUT2D eigenvalue weighted by Gasteiger charge is 2.19. The van der Waals surface area contributed by atoms with E-state index in [1.807, 2.05) is 64.1 Å². The molecule has 4 nitrogen and oxygen atoms in total. The van der Waals surface area contributed by atoms with E-state index < -0.39 is 10.8 Å². The van der Waals surface area contributed by atoms with Crippen LogP contribution in [0, 0.1) is 0 Å². The second-order valence-electron chi connectivity index (χ2n) is 7.72. The van der Waals surface area contributed by atoms with E-state index in [1.54, 1.807) is 0 Å². The van der Waals surface area contributed by atoms with Crippen molar-refractivity contribution in [3.8, 4) is 0 Å². The smallest absolute Gasteiger partial charge is 0.319 e. The number of hydrogen-bond donors (Lipinski definition) is 2. The average molecular weight is 387 g/mol. The molecule has 0 aliphatic heterocycles. The van der Waals surface area contributed by atoms with E-state index in [2.05, 4.69) is 29.7 Å². The molecule has 0 saturated heterocycles. The second-order valence-corrected chi connectivity index (χ2v) is 9.92. The van der Waals surface area contributed by atoms with Gasteiger partial charge in [0.2, 0.25) is 0 Å². The van der Waals surface area contributed by atoms with E-state index in [0.29, 0.717) is 11.4 Å². The van der Waals surface area contributed by atoms with Gasteiger partial charge < -0.3 is 10.6 Å². The number of amides is 2. The molecule has 0 spiro atoms. The van der Waals surface area contributed by atoms with Crippen molar-refractivity contribution in [2.24, 2.45) is 0 Å². The van der Waals surface area contributed by atoms with E-state index in [1.165, 1.54) is 5.56 Å². The molecule has 0 fully saturated rings. The molecule has 146 valence electrons. The lowest BCUT2D eigenvalue weighted by Crippen LogP contribution is -2.31. The molecular formula is C22H30N2O2S. The predicted molar refractivity (Wildman–Crippen MR) is 114 cm³/mol. The van der Waals surface area contributed by atoms with Gasteiger partial charge in [0.05, 0.1) is 6.04 Å². The number of benzene rings is 2. The first kappa shape index (κ1) is 21.2. The van der Waals surface area contributed by atoms with Crippen molar-refractivity contribution in [3.63, 3.8) is 0 Å². The highest BCUT2D eigenvalue weighted by molar-refractivity contribution is 7.85. The van der Waals surface area contributed by atoms with E-state index in [0.717, 1.165) is 17.5 Å². The third kappa shape index (κ3) is 6.51. The lowest BCUT2D eigenvalue weighted by atomic mass is 10.1. The van der Waals surface area contributed by atoms with Gasteiger partial charge in [0.15, 0.2) is 0 Å². The first-order valence-corrected chi connectivity index (χ1v) is 10.6. The lowest BCUT2D eigenvalue weighted by Gasteiger charge is -2.18. The molecule has 2 rings (SSSR count). The molecule has 0 heterocycles. The zero-order chi connectivity index (χ0) is 20.0. The van der Waals surface area contributed by atoms with Crippen LogP contribution in [0.5, 0.6) is 0 Å². The minimum Gasteiger partial charge on any atom is -0.331 e. The van der Waals surface area contributed by atoms with Crippen LogP contribution in [0.3, 0.4) is 0 Å². The first-order chi connectivity index (χ1) is 12.7. The molecule has 0 aliphatic carbocycles. The van der Waals surface area contributed by atoms with Crippen LogP contribution in [0.1, 0.15) is 57.4 Å². The maximum Gasteiger partial charge on any atom is 0.319 e. The third-order valence-corrected chi connectivity index (χ3v) is 6.36. The Balaban J connectivity index is 1.96. The predicted octanol–water partition coefficient (Wildman–Crippen LogP) is 5.18. The van der Waals surface area contributed by atoms with Gasteiger partial charge in [0, 0.05) is 27.0 Å². The van der Waals surface area contributed by atoms with Crippen LogP contribution in [0.15, 0.2) is 48.5 Å². The number of carbonyl (C=O) groups excluding carboxylic acids is 1. The average Bonchev–Trinajstić information content (AvgIpc) is 2.61. The summed E-state index contributed by atoms with van der Waals surface area (Å²) in [5, 5.41) is 5.83. The van der Waals surface area contributed by atoms with Gasteiger partial charge in [-0.2, -0.15) is 0 Å². The van der Waals surface area contributed by atoms with Crippen LogP contribution in [-0.4, -0.2) is 15.0 Å². The summed E-state index contributed by atoms with van der Waals surface area (Å²) in [7, 11) is -0.975. The van der Waals surface area contributed by atoms with Crippen molar-refractivity contribution >= 4 is 22.5 Å². The van der Waals surface area contributed by atoms with Crippen molar-refractivity contribution < 1.29 is 9.00 Å². The number of carbonyl (C=O) groups is 1. The van der Waals surface area contributed by atoms with E-state index in [4.69, 9.17) is 0 Å². The SMILES string of the molecule is CCc1ccc(C(C)NC(=O)Nc2cccc(CS(=O)C(C)(C)C)c2)cc1. The summed E-state index contributed by atoms with van der Waals surface area (Å²) in [6.45, 7) is 9.98. The molecule has 27 heavy (non-hydrogen) atoms. The Kier molecular flexibility index (Phi) is 7.19. The summed E-state index contributed by atoms with van der Waals surface area (Å²) in [6.07, 6.45) is 0.999. The topological polar surface area (TPSA) is 58.2 Å². The number of nitrogens with one attached hydrogen (secondary N) is 2. The molecule has 5 heteroatoms. The Morgan fingerprint density at radius 1 is 1.07 bits per heavy atom. The molecule has 0 aromatic heterocycles. The standard InChI is InChI=1S/C22H30N2O2S/c1-6-17-10-12-19(13-11-17)16(2)23-21(25)24-20-9-7-8-18(14-20)15-27(26)22(3,4)5/h7-14,16H,6,15H2,1-5H3,(H2,23,24,25). The highest BCUT2D eigenvalue weighted by Crippen LogP contribution is 2.19. The fourth-order valence-corrected chi connectivity index (χ4v) is 3.51. The van der Waals surface area contributed by atoms with Crippen molar-refractivity contribution in [2.75, 3.05) is 5.32 Å². The normalized spacial score (nSPS) is 13.7. The molecule has 0 aliphatic rings. The molecule has 0 saturated carbocycles. The summed E-state index contributed by atoms with van der Waals surface area (Å²) >= 11 is 0. The molecule has 2 aromatic carbocycles. The Hall–Kier alpha value is -2.14. The van der Waals surface area contributed by atoms with Crippen molar-refractivity contribution in [1.29, 1.82) is 0 Å². The maximum atomic E-state index is 12.3. The maximum absolute atomic E-state index is 12.3. The fourth-order valence-electron chi connectivity index (χ4n) is 2.60. The van der Waals surface area contributed by atoms with E-state index in [-0.39, 0.29) is 16.8 Å². The summed E-state index contributed by atoms with van der Waals surface area (Å²) in [5.41, 5.74) is 3.99.